The largest absolute Gasteiger partial charge is 0.369 e. The Morgan fingerprint density at radius 2 is 2.20 bits per heavy atom. The number of benzene rings is 1. The molecule has 1 atom stereocenters. The second-order valence-corrected chi connectivity index (χ2v) is 6.67. The minimum absolute atomic E-state index is 0.0670. The van der Waals surface area contributed by atoms with E-state index in [9.17, 15) is 9.59 Å². The van der Waals surface area contributed by atoms with E-state index in [0.717, 1.165) is 30.6 Å². The summed E-state index contributed by atoms with van der Waals surface area (Å²) in [5.41, 5.74) is 2.95. The van der Waals surface area contributed by atoms with Crippen LogP contribution in [0.1, 0.15) is 24.0 Å². The lowest BCUT2D eigenvalue weighted by atomic mass is 9.96. The number of piperidine rings is 1. The Morgan fingerprint density at radius 3 is 2.96 bits per heavy atom. The van der Waals surface area contributed by atoms with Crippen molar-refractivity contribution in [2.24, 2.45) is 13.0 Å². The molecule has 1 aliphatic heterocycles. The molecule has 0 aliphatic carbocycles. The van der Waals surface area contributed by atoms with E-state index in [1.165, 1.54) is 10.2 Å². The van der Waals surface area contributed by atoms with Crippen LogP contribution < -0.4 is 15.8 Å². The fraction of sp³-hybridized carbons (Fsp3) is 0.421. The first kappa shape index (κ1) is 17.2. The highest BCUT2D eigenvalue weighted by Gasteiger charge is 2.26. The molecule has 1 aliphatic rings. The Morgan fingerprint density at radius 1 is 1.36 bits per heavy atom. The maximum atomic E-state index is 12.5. The van der Waals surface area contributed by atoms with Crippen LogP contribution in [0.15, 0.2) is 41.3 Å². The number of nitrogens with one attached hydrogen (secondary N) is 1. The van der Waals surface area contributed by atoms with Crippen LogP contribution in [0.5, 0.6) is 0 Å². The van der Waals surface area contributed by atoms with Crippen LogP contribution in [0.2, 0.25) is 0 Å². The van der Waals surface area contributed by atoms with Crippen molar-refractivity contribution < 1.29 is 4.79 Å². The van der Waals surface area contributed by atoms with Gasteiger partial charge in [0.05, 0.1) is 17.8 Å². The van der Waals surface area contributed by atoms with Crippen LogP contribution in [0.3, 0.4) is 0 Å². The first-order chi connectivity index (χ1) is 12.0. The number of nitrogens with zero attached hydrogens (tertiary/aromatic N) is 3. The van der Waals surface area contributed by atoms with Crippen molar-refractivity contribution in [1.29, 1.82) is 0 Å². The van der Waals surface area contributed by atoms with Gasteiger partial charge >= 0.3 is 0 Å². The Kier molecular flexibility index (Phi) is 5.16. The highest BCUT2D eigenvalue weighted by atomic mass is 16.2. The van der Waals surface area contributed by atoms with Crippen molar-refractivity contribution in [2.45, 2.75) is 26.3 Å². The van der Waals surface area contributed by atoms with Gasteiger partial charge in [-0.15, -0.1) is 0 Å². The Balaban J connectivity index is 1.61. The lowest BCUT2D eigenvalue weighted by Crippen LogP contribution is -2.43. The predicted octanol–water partition coefficient (Wildman–Crippen LogP) is 1.62. The van der Waals surface area contributed by atoms with Crippen molar-refractivity contribution in [3.05, 3.63) is 58.0 Å². The first-order valence-corrected chi connectivity index (χ1v) is 8.64. The molecule has 1 saturated heterocycles. The van der Waals surface area contributed by atoms with Crippen molar-refractivity contribution in [3.63, 3.8) is 0 Å². The molecule has 1 aromatic carbocycles. The van der Waals surface area contributed by atoms with Gasteiger partial charge in [-0.1, -0.05) is 29.8 Å². The molecule has 25 heavy (non-hydrogen) atoms. The monoisotopic (exact) mass is 340 g/mol. The van der Waals surface area contributed by atoms with Crippen molar-refractivity contribution in [1.82, 2.24) is 15.1 Å². The van der Waals surface area contributed by atoms with Gasteiger partial charge in [0.25, 0.3) is 5.56 Å². The molecule has 1 N–H and O–H groups in total. The van der Waals surface area contributed by atoms with Gasteiger partial charge in [0.15, 0.2) is 0 Å². The molecule has 2 heterocycles. The van der Waals surface area contributed by atoms with Crippen LogP contribution >= 0.6 is 0 Å². The number of amides is 1. The van der Waals surface area contributed by atoms with Crippen molar-refractivity contribution in [2.75, 3.05) is 18.0 Å². The van der Waals surface area contributed by atoms with Gasteiger partial charge in [0, 0.05) is 32.7 Å². The Labute approximate surface area is 147 Å². The van der Waals surface area contributed by atoms with Crippen LogP contribution in [0.25, 0.3) is 0 Å². The molecular weight excluding hydrogens is 316 g/mol. The highest BCUT2D eigenvalue weighted by Crippen LogP contribution is 2.21. The molecule has 0 bridgehead atoms. The van der Waals surface area contributed by atoms with Crippen LogP contribution in [-0.4, -0.2) is 28.8 Å². The average Bonchev–Trinajstić information content (AvgIpc) is 2.62. The Hall–Kier alpha value is -2.63. The lowest BCUT2D eigenvalue weighted by Gasteiger charge is -2.33. The summed E-state index contributed by atoms with van der Waals surface area (Å²) in [6, 6.07) is 9.73. The molecule has 1 unspecified atom stereocenters. The van der Waals surface area contributed by atoms with Crippen LogP contribution in [0.4, 0.5) is 5.69 Å². The predicted molar refractivity (Wildman–Crippen MR) is 97.4 cm³/mol. The summed E-state index contributed by atoms with van der Waals surface area (Å²) in [7, 11) is 1.63. The standard InChI is InChI=1S/C19H24N4O2/c1-14-5-3-6-15(9-14)11-20-19(25)16-7-4-8-23(13-16)17-10-18(24)22(2)21-12-17/h3,5-6,9-10,12,16H,4,7-8,11,13H2,1-2H3,(H,20,25). The fourth-order valence-corrected chi connectivity index (χ4v) is 3.21. The molecule has 2 aromatic rings. The second-order valence-electron chi connectivity index (χ2n) is 6.67. The third-order valence-electron chi connectivity index (χ3n) is 4.66. The first-order valence-electron chi connectivity index (χ1n) is 8.64. The molecule has 3 rings (SSSR count). The van der Waals surface area contributed by atoms with E-state index in [-0.39, 0.29) is 17.4 Å². The molecule has 1 aromatic heterocycles. The molecule has 6 nitrogen and oxygen atoms in total. The molecule has 132 valence electrons. The van der Waals surface area contributed by atoms with E-state index < -0.39 is 0 Å². The second kappa shape index (κ2) is 7.51. The number of hydrogen-bond donors (Lipinski definition) is 1. The normalized spacial score (nSPS) is 17.4. The van der Waals surface area contributed by atoms with E-state index in [4.69, 9.17) is 0 Å². The summed E-state index contributed by atoms with van der Waals surface area (Å²) < 4.78 is 1.31. The van der Waals surface area contributed by atoms with E-state index >= 15 is 0 Å². The van der Waals surface area contributed by atoms with Gasteiger partial charge in [-0.25, -0.2) is 4.68 Å². The number of aryl methyl sites for hydroxylation is 2. The van der Waals surface area contributed by atoms with Crippen molar-refractivity contribution in [3.8, 4) is 0 Å². The van der Waals surface area contributed by atoms with Gasteiger partial charge in [0.1, 0.15) is 0 Å². The summed E-state index contributed by atoms with van der Waals surface area (Å²) in [5, 5.41) is 7.11. The molecule has 1 fully saturated rings. The lowest BCUT2D eigenvalue weighted by molar-refractivity contribution is -0.125. The number of hydrogen-bond acceptors (Lipinski definition) is 4. The molecular formula is C19H24N4O2. The summed E-state index contributed by atoms with van der Waals surface area (Å²) in [6.45, 7) is 4.05. The zero-order valence-corrected chi connectivity index (χ0v) is 14.7. The van der Waals surface area contributed by atoms with E-state index in [1.54, 1.807) is 19.3 Å². The van der Waals surface area contributed by atoms with E-state index in [2.05, 4.69) is 21.4 Å². The highest BCUT2D eigenvalue weighted by molar-refractivity contribution is 5.79. The zero-order valence-electron chi connectivity index (χ0n) is 14.7. The van der Waals surface area contributed by atoms with Gasteiger partial charge in [-0.3, -0.25) is 9.59 Å². The molecule has 0 radical (unpaired) electrons. The van der Waals surface area contributed by atoms with Crippen molar-refractivity contribution >= 4 is 11.6 Å². The number of carbonyl (C=O) groups excluding carboxylic acids is 1. The number of aromatic nitrogens is 2. The topological polar surface area (TPSA) is 67.2 Å². The maximum absolute atomic E-state index is 12.5. The summed E-state index contributed by atoms with van der Waals surface area (Å²) in [6.07, 6.45) is 3.49. The van der Waals surface area contributed by atoms with Gasteiger partial charge in [-0.2, -0.15) is 5.10 Å². The Bertz CT molecular complexity index is 815. The number of carbonyl (C=O) groups is 1. The molecule has 0 saturated carbocycles. The van der Waals surface area contributed by atoms with E-state index in [0.29, 0.717) is 13.1 Å². The smallest absolute Gasteiger partial charge is 0.268 e. The van der Waals surface area contributed by atoms with Gasteiger partial charge in [0.2, 0.25) is 5.91 Å². The molecule has 6 heteroatoms. The van der Waals surface area contributed by atoms with Gasteiger partial charge in [-0.05, 0) is 25.3 Å². The maximum Gasteiger partial charge on any atom is 0.268 e. The third-order valence-corrected chi connectivity index (χ3v) is 4.66. The number of rotatable bonds is 4. The molecule has 1 amide bonds. The van der Waals surface area contributed by atoms with E-state index in [1.807, 2.05) is 25.1 Å². The summed E-state index contributed by atoms with van der Waals surface area (Å²) in [4.78, 5) is 26.4. The SMILES string of the molecule is Cc1cccc(CNC(=O)C2CCCN(c3cnn(C)c(=O)c3)C2)c1. The fourth-order valence-electron chi connectivity index (χ4n) is 3.21. The summed E-state index contributed by atoms with van der Waals surface area (Å²) in [5.74, 6) is 0.00520. The van der Waals surface area contributed by atoms with Crippen LogP contribution in [-0.2, 0) is 18.4 Å². The quantitative estimate of drug-likeness (QED) is 0.918. The minimum atomic E-state index is -0.136. The summed E-state index contributed by atoms with van der Waals surface area (Å²) >= 11 is 0. The third kappa shape index (κ3) is 4.26. The van der Waals surface area contributed by atoms with Crippen LogP contribution in [0, 0.1) is 12.8 Å². The molecule has 0 spiro atoms. The van der Waals surface area contributed by atoms with Gasteiger partial charge < -0.3 is 10.2 Å². The minimum Gasteiger partial charge on any atom is -0.369 e. The zero-order chi connectivity index (χ0) is 17.8. The number of anilines is 1. The average molecular weight is 340 g/mol.